The molecule has 29 heavy (non-hydrogen) atoms. The van der Waals surface area contributed by atoms with E-state index in [2.05, 4.69) is 5.32 Å². The van der Waals surface area contributed by atoms with Crippen molar-refractivity contribution in [3.63, 3.8) is 0 Å². The quantitative estimate of drug-likeness (QED) is 0.720. The highest BCUT2D eigenvalue weighted by Gasteiger charge is 2.37. The molecule has 1 unspecified atom stereocenters. The van der Waals surface area contributed by atoms with E-state index in [0.29, 0.717) is 29.1 Å². The minimum absolute atomic E-state index is 0.0705. The van der Waals surface area contributed by atoms with E-state index in [4.69, 9.17) is 11.6 Å². The van der Waals surface area contributed by atoms with Gasteiger partial charge in [0.2, 0.25) is 15.9 Å². The summed E-state index contributed by atoms with van der Waals surface area (Å²) in [5.41, 5.74) is 1.84. The summed E-state index contributed by atoms with van der Waals surface area (Å²) < 4.78 is 27.7. The maximum absolute atomic E-state index is 13.2. The first-order valence-corrected chi connectivity index (χ1v) is 11.2. The lowest BCUT2D eigenvalue weighted by molar-refractivity contribution is -0.120. The predicted octanol–water partition coefficient (Wildman–Crippen LogP) is 4.03. The van der Waals surface area contributed by atoms with E-state index in [-0.39, 0.29) is 23.1 Å². The highest BCUT2D eigenvalue weighted by Crippen LogP contribution is 2.28. The molecular formula is C21H23ClN2O4S. The van der Waals surface area contributed by atoms with Crippen molar-refractivity contribution in [2.24, 2.45) is 0 Å². The third-order valence-electron chi connectivity index (χ3n) is 5.08. The van der Waals surface area contributed by atoms with E-state index in [1.165, 1.54) is 35.5 Å². The van der Waals surface area contributed by atoms with Gasteiger partial charge in [-0.1, -0.05) is 36.2 Å². The zero-order chi connectivity index (χ0) is 21.2. The number of benzene rings is 2. The number of carbonyl (C=O) groups is 2. The molecule has 6 nitrogen and oxygen atoms in total. The zero-order valence-electron chi connectivity index (χ0n) is 16.3. The number of amides is 1. The van der Waals surface area contributed by atoms with E-state index >= 15 is 0 Å². The number of halogens is 1. The van der Waals surface area contributed by atoms with Crippen LogP contribution < -0.4 is 5.32 Å². The van der Waals surface area contributed by atoms with Gasteiger partial charge in [-0.25, -0.2) is 8.42 Å². The van der Waals surface area contributed by atoms with Crippen LogP contribution >= 0.6 is 11.6 Å². The highest BCUT2D eigenvalue weighted by atomic mass is 35.5. The molecule has 1 heterocycles. The smallest absolute Gasteiger partial charge is 0.243 e. The summed E-state index contributed by atoms with van der Waals surface area (Å²) in [6.45, 7) is 3.54. The Labute approximate surface area is 175 Å². The fraction of sp³-hybridized carbons (Fsp3) is 0.333. The summed E-state index contributed by atoms with van der Waals surface area (Å²) in [5, 5.41) is 3.31. The van der Waals surface area contributed by atoms with Gasteiger partial charge in [0.15, 0.2) is 5.78 Å². The van der Waals surface area contributed by atoms with Crippen molar-refractivity contribution in [1.82, 2.24) is 4.31 Å². The average molecular weight is 435 g/mol. The highest BCUT2D eigenvalue weighted by molar-refractivity contribution is 7.89. The van der Waals surface area contributed by atoms with E-state index in [1.807, 2.05) is 6.92 Å². The van der Waals surface area contributed by atoms with Crippen LogP contribution in [0.2, 0.25) is 5.02 Å². The summed E-state index contributed by atoms with van der Waals surface area (Å²) in [4.78, 5) is 24.5. The first-order valence-electron chi connectivity index (χ1n) is 9.40. The standard InChI is InChI=1S/C21H23ClN2O4S/c1-14-6-9-17(22)13-19(14)23-21(26)20-5-3-4-12-24(20)29(27,28)18-10-7-16(8-11-18)15(2)25/h6-11,13,20H,3-5,12H2,1-2H3,(H,23,26). The summed E-state index contributed by atoms with van der Waals surface area (Å²) in [5.74, 6) is -0.514. The molecule has 3 rings (SSSR count). The van der Waals surface area contributed by atoms with Gasteiger partial charge in [0.05, 0.1) is 4.90 Å². The second-order valence-electron chi connectivity index (χ2n) is 7.16. The van der Waals surface area contributed by atoms with E-state index < -0.39 is 16.1 Å². The second-order valence-corrected chi connectivity index (χ2v) is 9.48. The Morgan fingerprint density at radius 1 is 1.10 bits per heavy atom. The number of hydrogen-bond donors (Lipinski definition) is 1. The fourth-order valence-electron chi connectivity index (χ4n) is 3.40. The molecule has 1 saturated heterocycles. The number of aryl methyl sites for hydroxylation is 1. The van der Waals surface area contributed by atoms with Crippen LogP contribution in [0.25, 0.3) is 0 Å². The molecule has 1 aliphatic rings. The maximum atomic E-state index is 13.2. The van der Waals surface area contributed by atoms with Gasteiger partial charge in [-0.05, 0) is 56.5 Å². The largest absolute Gasteiger partial charge is 0.324 e. The summed E-state index contributed by atoms with van der Waals surface area (Å²) in [7, 11) is -3.87. The summed E-state index contributed by atoms with van der Waals surface area (Å²) >= 11 is 6.02. The van der Waals surface area contributed by atoms with Crippen LogP contribution in [0.15, 0.2) is 47.4 Å². The number of carbonyl (C=O) groups excluding carboxylic acids is 2. The third-order valence-corrected chi connectivity index (χ3v) is 7.24. The molecule has 0 spiro atoms. The number of sulfonamides is 1. The molecular weight excluding hydrogens is 412 g/mol. The molecule has 0 radical (unpaired) electrons. The molecule has 1 amide bonds. The van der Waals surface area contributed by atoms with Crippen LogP contribution in [0.4, 0.5) is 5.69 Å². The average Bonchev–Trinajstić information content (AvgIpc) is 2.70. The van der Waals surface area contributed by atoms with Crippen LogP contribution in [-0.4, -0.2) is 37.0 Å². The Morgan fingerprint density at radius 2 is 1.79 bits per heavy atom. The molecule has 2 aromatic carbocycles. The van der Waals surface area contributed by atoms with Gasteiger partial charge >= 0.3 is 0 Å². The minimum atomic E-state index is -3.87. The summed E-state index contributed by atoms with van der Waals surface area (Å²) in [6.07, 6.45) is 1.89. The molecule has 1 atom stereocenters. The number of hydrogen-bond acceptors (Lipinski definition) is 4. The lowest BCUT2D eigenvalue weighted by Gasteiger charge is -2.33. The third kappa shape index (κ3) is 4.69. The van der Waals surface area contributed by atoms with Crippen molar-refractivity contribution >= 4 is 39.0 Å². The predicted molar refractivity (Wildman–Crippen MR) is 113 cm³/mol. The SMILES string of the molecule is CC(=O)c1ccc(S(=O)(=O)N2CCCCC2C(=O)Nc2cc(Cl)ccc2C)cc1. The topological polar surface area (TPSA) is 83.6 Å². The first-order chi connectivity index (χ1) is 13.7. The van der Waals surface area contributed by atoms with Crippen molar-refractivity contribution in [2.75, 3.05) is 11.9 Å². The molecule has 0 saturated carbocycles. The number of ketones is 1. The van der Waals surface area contributed by atoms with Crippen LogP contribution in [0.1, 0.15) is 42.1 Å². The first kappa shape index (κ1) is 21.5. The number of anilines is 1. The van der Waals surface area contributed by atoms with Crippen LogP contribution in [0, 0.1) is 6.92 Å². The van der Waals surface area contributed by atoms with E-state index in [1.54, 1.807) is 18.2 Å². The normalized spacial score (nSPS) is 17.7. The Morgan fingerprint density at radius 3 is 2.45 bits per heavy atom. The molecule has 2 aromatic rings. The van der Waals surface area contributed by atoms with Gasteiger partial charge in [0.25, 0.3) is 0 Å². The number of rotatable bonds is 5. The van der Waals surface area contributed by atoms with Gasteiger partial charge in [0.1, 0.15) is 6.04 Å². The molecule has 8 heteroatoms. The number of piperidine rings is 1. The van der Waals surface area contributed by atoms with Crippen molar-refractivity contribution < 1.29 is 18.0 Å². The van der Waals surface area contributed by atoms with Gasteiger partial charge in [-0.3, -0.25) is 9.59 Å². The molecule has 0 aliphatic carbocycles. The van der Waals surface area contributed by atoms with Crippen molar-refractivity contribution in [3.8, 4) is 0 Å². The number of Topliss-reactive ketones (excluding diaryl/α,β-unsaturated/α-hetero) is 1. The Kier molecular flexibility index (Phi) is 6.41. The van der Waals surface area contributed by atoms with E-state index in [9.17, 15) is 18.0 Å². The molecule has 1 N–H and O–H groups in total. The van der Waals surface area contributed by atoms with Crippen molar-refractivity contribution in [3.05, 3.63) is 58.6 Å². The van der Waals surface area contributed by atoms with Gasteiger partial charge < -0.3 is 5.32 Å². The van der Waals surface area contributed by atoms with Crippen molar-refractivity contribution in [2.45, 2.75) is 44.0 Å². The Hall–Kier alpha value is -2.22. The molecule has 0 aromatic heterocycles. The number of nitrogens with one attached hydrogen (secondary N) is 1. The lowest BCUT2D eigenvalue weighted by Crippen LogP contribution is -2.49. The van der Waals surface area contributed by atoms with Crippen LogP contribution in [0.3, 0.4) is 0 Å². The maximum Gasteiger partial charge on any atom is 0.243 e. The second kappa shape index (κ2) is 8.65. The monoisotopic (exact) mass is 434 g/mol. The molecule has 1 fully saturated rings. The Bertz CT molecular complexity index is 1040. The van der Waals surface area contributed by atoms with Gasteiger partial charge in [0, 0.05) is 22.8 Å². The van der Waals surface area contributed by atoms with Crippen molar-refractivity contribution in [1.29, 1.82) is 0 Å². The molecule has 0 bridgehead atoms. The van der Waals surface area contributed by atoms with Gasteiger partial charge in [-0.2, -0.15) is 4.31 Å². The lowest BCUT2D eigenvalue weighted by atomic mass is 10.0. The zero-order valence-corrected chi connectivity index (χ0v) is 17.9. The van der Waals surface area contributed by atoms with Crippen LogP contribution in [-0.2, 0) is 14.8 Å². The van der Waals surface area contributed by atoms with Gasteiger partial charge in [-0.15, -0.1) is 0 Å². The Balaban J connectivity index is 1.87. The minimum Gasteiger partial charge on any atom is -0.324 e. The number of nitrogens with zero attached hydrogens (tertiary/aromatic N) is 1. The molecule has 1 aliphatic heterocycles. The summed E-state index contributed by atoms with van der Waals surface area (Å²) in [6, 6.07) is 10.2. The van der Waals surface area contributed by atoms with E-state index in [0.717, 1.165) is 12.0 Å². The molecule has 154 valence electrons. The van der Waals surface area contributed by atoms with Crippen LogP contribution in [0.5, 0.6) is 0 Å². The fourth-order valence-corrected chi connectivity index (χ4v) is 5.23.